The lowest BCUT2D eigenvalue weighted by atomic mass is 10.3. The number of nitrogens with zero attached hydrogens (tertiary/aromatic N) is 2. The lowest BCUT2D eigenvalue weighted by Crippen LogP contribution is -2.33. The van der Waals surface area contributed by atoms with E-state index in [-0.39, 0.29) is 11.5 Å². The highest BCUT2D eigenvalue weighted by atomic mass is 31.2. The number of anilines is 3. The number of aromatic amines is 1. The SMILES string of the molecule is CC(CN1CNc2c1nc(N)[nH]c2=O)OCP(=O)(O)O.O=P(O)(O)O.O=P(O)(O)O. The first-order valence-corrected chi connectivity index (χ1v) is 12.3. The monoisotopic (exact) mass is 501 g/mol. The molecule has 0 spiro atoms. The predicted molar refractivity (Wildman–Crippen MR) is 101 cm³/mol. The molecular formula is C9H22N5O13P3. The molecule has 2 rings (SSSR count). The molecule has 1 aliphatic rings. The Hall–Kier alpha value is -1.39. The van der Waals surface area contributed by atoms with Crippen LogP contribution in [0.2, 0.25) is 0 Å². The second-order valence-corrected chi connectivity index (χ2v) is 9.15. The van der Waals surface area contributed by atoms with E-state index in [0.29, 0.717) is 24.7 Å². The Balaban J connectivity index is 0.000000702. The van der Waals surface area contributed by atoms with Crippen molar-refractivity contribution < 1.29 is 57.6 Å². The molecule has 1 aromatic heterocycles. The number of phosphoric acid groups is 2. The van der Waals surface area contributed by atoms with E-state index in [9.17, 15) is 9.36 Å². The van der Waals surface area contributed by atoms with Crippen LogP contribution in [0.25, 0.3) is 0 Å². The maximum atomic E-state index is 11.6. The van der Waals surface area contributed by atoms with Crippen LogP contribution in [0.4, 0.5) is 17.5 Å². The van der Waals surface area contributed by atoms with E-state index in [0.717, 1.165) is 0 Å². The van der Waals surface area contributed by atoms with Crippen LogP contribution in [0.5, 0.6) is 0 Å². The third-order valence-electron chi connectivity index (χ3n) is 2.67. The maximum absolute atomic E-state index is 11.6. The molecule has 1 aromatic rings. The van der Waals surface area contributed by atoms with Crippen LogP contribution >= 0.6 is 23.2 Å². The fraction of sp³-hybridized carbons (Fsp3) is 0.556. The Morgan fingerprint density at radius 1 is 1.10 bits per heavy atom. The van der Waals surface area contributed by atoms with Gasteiger partial charge in [-0.05, 0) is 6.92 Å². The first kappa shape index (κ1) is 28.6. The Morgan fingerprint density at radius 2 is 1.57 bits per heavy atom. The lowest BCUT2D eigenvalue weighted by molar-refractivity contribution is 0.0931. The van der Waals surface area contributed by atoms with Crippen LogP contribution in [0.15, 0.2) is 4.79 Å². The van der Waals surface area contributed by atoms with Gasteiger partial charge in [-0.2, -0.15) is 4.98 Å². The van der Waals surface area contributed by atoms with Crippen molar-refractivity contribution in [1.29, 1.82) is 0 Å². The molecule has 12 N–H and O–H groups in total. The number of nitrogens with one attached hydrogen (secondary N) is 2. The minimum absolute atomic E-state index is 0.00578. The van der Waals surface area contributed by atoms with Crippen LogP contribution < -0.4 is 21.5 Å². The summed E-state index contributed by atoms with van der Waals surface area (Å²) in [5.41, 5.74) is 5.44. The number of hydrogen-bond donors (Lipinski definition) is 11. The first-order valence-electron chi connectivity index (χ1n) is 7.37. The van der Waals surface area contributed by atoms with Gasteiger partial charge in [0.25, 0.3) is 5.56 Å². The Morgan fingerprint density at radius 3 is 2.00 bits per heavy atom. The fourth-order valence-corrected chi connectivity index (χ4v) is 2.30. The van der Waals surface area contributed by atoms with Crippen molar-refractivity contribution in [2.24, 2.45) is 0 Å². The lowest BCUT2D eigenvalue weighted by Gasteiger charge is -2.22. The summed E-state index contributed by atoms with van der Waals surface area (Å²) < 4.78 is 33.6. The van der Waals surface area contributed by atoms with Gasteiger partial charge in [0.05, 0.1) is 12.8 Å². The van der Waals surface area contributed by atoms with Crippen molar-refractivity contribution in [3.63, 3.8) is 0 Å². The van der Waals surface area contributed by atoms with Crippen molar-refractivity contribution in [2.75, 3.05) is 35.5 Å². The molecule has 1 unspecified atom stereocenters. The summed E-state index contributed by atoms with van der Waals surface area (Å²) in [6.45, 7) is 2.33. The molecule has 0 amide bonds. The molecule has 0 radical (unpaired) electrons. The van der Waals surface area contributed by atoms with Gasteiger partial charge in [-0.25, -0.2) is 9.13 Å². The maximum Gasteiger partial charge on any atom is 0.466 e. The molecule has 2 heterocycles. The smallest absolute Gasteiger partial charge is 0.369 e. The minimum Gasteiger partial charge on any atom is -0.369 e. The van der Waals surface area contributed by atoms with Crippen molar-refractivity contribution >= 4 is 40.7 Å². The molecule has 0 bridgehead atoms. The molecule has 176 valence electrons. The topological polar surface area (TPSA) is 309 Å². The van der Waals surface area contributed by atoms with Crippen LogP contribution in [0.1, 0.15) is 6.92 Å². The van der Waals surface area contributed by atoms with Crippen LogP contribution in [-0.2, 0) is 18.4 Å². The number of aromatic nitrogens is 2. The summed E-state index contributed by atoms with van der Waals surface area (Å²) in [6, 6.07) is 0. The van der Waals surface area contributed by atoms with E-state index >= 15 is 0 Å². The number of nitrogen functional groups attached to an aromatic ring is 1. The molecule has 30 heavy (non-hydrogen) atoms. The van der Waals surface area contributed by atoms with Gasteiger partial charge in [-0.3, -0.25) is 14.3 Å². The fourth-order valence-electron chi connectivity index (χ4n) is 1.85. The van der Waals surface area contributed by atoms with E-state index in [1.165, 1.54) is 0 Å². The highest BCUT2D eigenvalue weighted by molar-refractivity contribution is 7.51. The number of nitrogens with two attached hydrogens (primary N) is 1. The third-order valence-corrected chi connectivity index (χ3v) is 3.15. The molecule has 1 atom stereocenters. The average Bonchev–Trinajstić information content (AvgIpc) is 2.84. The normalized spacial score (nSPS) is 14.5. The van der Waals surface area contributed by atoms with Crippen LogP contribution in [0, 0.1) is 0 Å². The largest absolute Gasteiger partial charge is 0.466 e. The highest BCUT2D eigenvalue weighted by Crippen LogP contribution is 2.34. The van der Waals surface area contributed by atoms with Gasteiger partial charge in [-0.1, -0.05) is 0 Å². The summed E-state index contributed by atoms with van der Waals surface area (Å²) in [5.74, 6) is 0.407. The summed E-state index contributed by atoms with van der Waals surface area (Å²) in [6.07, 6.45) is -1.09. The number of H-pyrrole nitrogens is 1. The number of hydrogen-bond acceptors (Lipinski definition) is 9. The summed E-state index contributed by atoms with van der Waals surface area (Å²) in [5, 5.41) is 2.88. The van der Waals surface area contributed by atoms with E-state index in [2.05, 4.69) is 15.3 Å². The minimum atomic E-state index is -4.64. The molecule has 0 saturated carbocycles. The van der Waals surface area contributed by atoms with Crippen LogP contribution in [-0.4, -0.2) is 74.8 Å². The molecule has 0 fully saturated rings. The zero-order chi connectivity index (χ0) is 23.9. The molecule has 1 aliphatic heterocycles. The molecule has 0 saturated heterocycles. The summed E-state index contributed by atoms with van der Waals surface area (Å²) >= 11 is 0. The van der Waals surface area contributed by atoms with Crippen molar-refractivity contribution in [3.8, 4) is 0 Å². The Labute approximate surface area is 168 Å². The van der Waals surface area contributed by atoms with E-state index in [1.54, 1.807) is 11.8 Å². The van der Waals surface area contributed by atoms with Crippen LogP contribution in [0.3, 0.4) is 0 Å². The van der Waals surface area contributed by atoms with Crippen molar-refractivity contribution in [2.45, 2.75) is 13.0 Å². The quantitative estimate of drug-likeness (QED) is 0.182. The van der Waals surface area contributed by atoms with Crippen molar-refractivity contribution in [3.05, 3.63) is 10.4 Å². The molecule has 0 aliphatic carbocycles. The van der Waals surface area contributed by atoms with Crippen molar-refractivity contribution in [1.82, 2.24) is 9.97 Å². The van der Waals surface area contributed by atoms with Gasteiger partial charge in [0.1, 0.15) is 12.0 Å². The van der Waals surface area contributed by atoms with E-state index < -0.39 is 35.7 Å². The van der Waals surface area contributed by atoms with Gasteiger partial charge in [0.2, 0.25) is 5.95 Å². The number of ether oxygens (including phenoxy) is 1. The number of fused-ring (bicyclic) bond motifs is 1. The zero-order valence-electron chi connectivity index (χ0n) is 15.1. The average molecular weight is 501 g/mol. The van der Waals surface area contributed by atoms with E-state index in [4.69, 9.17) is 58.7 Å². The standard InChI is InChI=1S/C9H16N5O5P.2H3O4P/c1-5(19-4-20(16,17)18)2-14-3-11-6-7(14)12-9(10)13-8(6)15;2*1-5(2,3)4/h5,11H,2-4H2,1H3,(H2,16,17,18)(H3,10,12,13,15);2*(H3,1,2,3,4). The molecule has 18 nitrogen and oxygen atoms in total. The first-order chi connectivity index (χ1) is 13.3. The zero-order valence-corrected chi connectivity index (χ0v) is 17.8. The third kappa shape index (κ3) is 15.4. The van der Waals surface area contributed by atoms with Gasteiger partial charge < -0.3 is 59.8 Å². The molecular weight excluding hydrogens is 479 g/mol. The van der Waals surface area contributed by atoms with E-state index in [1.807, 2.05) is 0 Å². The Bertz CT molecular complexity index is 854. The second kappa shape index (κ2) is 11.3. The number of rotatable bonds is 5. The predicted octanol–water partition coefficient (Wildman–Crippen LogP) is -2.78. The highest BCUT2D eigenvalue weighted by Gasteiger charge is 2.26. The summed E-state index contributed by atoms with van der Waals surface area (Å²) in [7, 11) is -13.5. The molecule has 0 aromatic carbocycles. The van der Waals surface area contributed by atoms with Gasteiger partial charge in [0, 0.05) is 6.54 Å². The van der Waals surface area contributed by atoms with Gasteiger partial charge in [0.15, 0.2) is 5.82 Å². The second-order valence-electron chi connectivity index (χ2n) is 5.50. The summed E-state index contributed by atoms with van der Waals surface area (Å²) in [4.78, 5) is 80.4. The van der Waals surface area contributed by atoms with Gasteiger partial charge >= 0.3 is 23.2 Å². The van der Waals surface area contributed by atoms with Gasteiger partial charge in [-0.15, -0.1) is 0 Å². The Kier molecular flexibility index (Phi) is 10.8. The molecule has 21 heteroatoms.